The maximum Gasteiger partial charge on any atom is 0.411 e. The van der Waals surface area contributed by atoms with Gasteiger partial charge in [-0.3, -0.25) is 4.90 Å². The van der Waals surface area contributed by atoms with Gasteiger partial charge in [-0.2, -0.15) is 0 Å². The predicted octanol–water partition coefficient (Wildman–Crippen LogP) is 2.51. The number of aliphatic carboxylic acids is 1. The Morgan fingerprint density at radius 3 is 2.33 bits per heavy atom. The first kappa shape index (κ1) is 17.8. The third-order valence-corrected chi connectivity index (χ3v) is 3.36. The number of hydrogen-bond donors (Lipinski definition) is 1. The first-order chi connectivity index (χ1) is 9.63. The molecule has 6 nitrogen and oxygen atoms in total. The maximum atomic E-state index is 12.4. The fraction of sp³-hybridized carbons (Fsp3) is 0.867. The molecule has 2 unspecified atom stereocenters. The molecule has 1 aliphatic rings. The minimum atomic E-state index is -1.01. The summed E-state index contributed by atoms with van der Waals surface area (Å²) in [5.74, 6) is -1.21. The van der Waals surface area contributed by atoms with Gasteiger partial charge >= 0.3 is 12.1 Å². The highest BCUT2D eigenvalue weighted by Crippen LogP contribution is 2.25. The van der Waals surface area contributed by atoms with Crippen LogP contribution in [0.3, 0.4) is 0 Å². The predicted molar refractivity (Wildman–Crippen MR) is 78.2 cm³/mol. The van der Waals surface area contributed by atoms with E-state index in [-0.39, 0.29) is 12.0 Å². The molecular formula is C15H27NO5. The quantitative estimate of drug-likeness (QED) is 0.863. The highest BCUT2D eigenvalue weighted by atomic mass is 16.6. The lowest BCUT2D eigenvalue weighted by molar-refractivity contribution is -0.148. The number of hydrogen-bond acceptors (Lipinski definition) is 4. The molecule has 1 amide bonds. The Labute approximate surface area is 126 Å². The molecule has 0 aromatic heterocycles. The molecule has 6 heteroatoms. The molecule has 1 fully saturated rings. The molecule has 0 aliphatic carbocycles. The highest BCUT2D eigenvalue weighted by molar-refractivity contribution is 5.80. The van der Waals surface area contributed by atoms with Crippen LogP contribution in [-0.2, 0) is 14.3 Å². The van der Waals surface area contributed by atoms with Crippen LogP contribution in [0.4, 0.5) is 4.79 Å². The van der Waals surface area contributed by atoms with Crippen molar-refractivity contribution in [2.45, 2.75) is 65.1 Å². The number of carbonyl (C=O) groups is 2. The van der Waals surface area contributed by atoms with Crippen LogP contribution in [-0.4, -0.2) is 53.0 Å². The zero-order valence-corrected chi connectivity index (χ0v) is 13.6. The van der Waals surface area contributed by atoms with Crippen LogP contribution in [0.5, 0.6) is 0 Å². The fourth-order valence-electron chi connectivity index (χ4n) is 2.52. The summed E-state index contributed by atoms with van der Waals surface area (Å²) in [5, 5.41) is 9.59. The average Bonchev–Trinajstić information content (AvgIpc) is 2.33. The molecule has 21 heavy (non-hydrogen) atoms. The van der Waals surface area contributed by atoms with Crippen molar-refractivity contribution in [3.05, 3.63) is 0 Å². The van der Waals surface area contributed by atoms with Gasteiger partial charge in [0.1, 0.15) is 11.6 Å². The Hall–Kier alpha value is -1.30. The van der Waals surface area contributed by atoms with Gasteiger partial charge in [0.25, 0.3) is 0 Å². The summed E-state index contributed by atoms with van der Waals surface area (Å²) < 4.78 is 10.7. The summed E-state index contributed by atoms with van der Waals surface area (Å²) >= 11 is 0. The van der Waals surface area contributed by atoms with E-state index in [1.807, 2.05) is 0 Å². The van der Waals surface area contributed by atoms with E-state index in [9.17, 15) is 14.7 Å². The molecule has 0 bridgehead atoms. The van der Waals surface area contributed by atoms with E-state index in [1.54, 1.807) is 34.6 Å². The molecule has 0 aromatic carbocycles. The number of carboxylic acid groups (broad SMARTS) is 1. The minimum absolute atomic E-state index is 0.203. The number of nitrogens with zero attached hydrogens (tertiary/aromatic N) is 1. The molecule has 1 N–H and O–H groups in total. The van der Waals surface area contributed by atoms with Gasteiger partial charge in [-0.05, 0) is 47.5 Å². The molecule has 0 spiro atoms. The molecule has 0 aromatic rings. The van der Waals surface area contributed by atoms with Crippen molar-refractivity contribution in [2.24, 2.45) is 5.92 Å². The average molecular weight is 301 g/mol. The summed E-state index contributed by atoms with van der Waals surface area (Å²) in [5.41, 5.74) is -0.656. The standard InChI is InChI=1S/C15H27NO5/c1-10(2)16(14(19)21-15(3,4)5)12(13(17)18)11-7-6-8-20-9-11/h10-12H,6-9H2,1-5H3,(H,17,18). The van der Waals surface area contributed by atoms with E-state index < -0.39 is 23.7 Å². The summed E-state index contributed by atoms with van der Waals surface area (Å²) in [4.78, 5) is 25.4. The molecular weight excluding hydrogens is 274 g/mol. The molecule has 1 aliphatic heterocycles. The molecule has 0 radical (unpaired) electrons. The Bertz CT molecular complexity index is 369. The zero-order valence-electron chi connectivity index (χ0n) is 13.6. The summed E-state index contributed by atoms with van der Waals surface area (Å²) in [6, 6.07) is -1.18. The van der Waals surface area contributed by atoms with Gasteiger partial charge in [-0.15, -0.1) is 0 Å². The number of carbonyl (C=O) groups excluding carboxylic acids is 1. The van der Waals surface area contributed by atoms with Gasteiger partial charge in [0.15, 0.2) is 0 Å². The van der Waals surface area contributed by atoms with Crippen molar-refractivity contribution in [2.75, 3.05) is 13.2 Å². The van der Waals surface area contributed by atoms with Crippen LogP contribution >= 0.6 is 0 Å². The number of carboxylic acids is 1. The minimum Gasteiger partial charge on any atom is -0.480 e. The molecule has 1 saturated heterocycles. The summed E-state index contributed by atoms with van der Waals surface area (Å²) in [6.07, 6.45) is 0.966. The molecule has 122 valence electrons. The van der Waals surface area contributed by atoms with E-state index in [0.717, 1.165) is 12.8 Å². The van der Waals surface area contributed by atoms with Crippen molar-refractivity contribution in [3.8, 4) is 0 Å². The Balaban J connectivity index is 2.97. The van der Waals surface area contributed by atoms with Gasteiger partial charge in [-0.25, -0.2) is 9.59 Å². The first-order valence-electron chi connectivity index (χ1n) is 7.45. The van der Waals surface area contributed by atoms with Crippen LogP contribution in [0.2, 0.25) is 0 Å². The van der Waals surface area contributed by atoms with Crippen LogP contribution in [0.15, 0.2) is 0 Å². The largest absolute Gasteiger partial charge is 0.480 e. The highest BCUT2D eigenvalue weighted by Gasteiger charge is 2.40. The molecule has 0 saturated carbocycles. The zero-order chi connectivity index (χ0) is 16.2. The lowest BCUT2D eigenvalue weighted by Gasteiger charge is -2.38. The van der Waals surface area contributed by atoms with E-state index >= 15 is 0 Å². The van der Waals surface area contributed by atoms with Gasteiger partial charge < -0.3 is 14.6 Å². The Morgan fingerprint density at radius 1 is 1.33 bits per heavy atom. The summed E-state index contributed by atoms with van der Waals surface area (Å²) in [7, 11) is 0. The third kappa shape index (κ3) is 5.19. The van der Waals surface area contributed by atoms with E-state index in [4.69, 9.17) is 9.47 Å². The van der Waals surface area contributed by atoms with Crippen LogP contribution in [0.25, 0.3) is 0 Å². The second-order valence-corrected chi connectivity index (χ2v) is 6.74. The van der Waals surface area contributed by atoms with Crippen LogP contribution in [0, 0.1) is 5.92 Å². The van der Waals surface area contributed by atoms with Crippen molar-refractivity contribution < 1.29 is 24.2 Å². The van der Waals surface area contributed by atoms with Crippen molar-refractivity contribution >= 4 is 12.1 Å². The van der Waals surface area contributed by atoms with Crippen LogP contribution in [0.1, 0.15) is 47.5 Å². The normalized spacial score (nSPS) is 21.0. The number of amides is 1. The molecule has 1 rings (SSSR count). The van der Waals surface area contributed by atoms with Crippen molar-refractivity contribution in [3.63, 3.8) is 0 Å². The lowest BCUT2D eigenvalue weighted by Crippen LogP contribution is -2.55. The Morgan fingerprint density at radius 2 is 1.95 bits per heavy atom. The number of rotatable bonds is 4. The monoisotopic (exact) mass is 301 g/mol. The fourth-order valence-corrected chi connectivity index (χ4v) is 2.52. The number of ether oxygens (including phenoxy) is 2. The second kappa shape index (κ2) is 7.11. The van der Waals surface area contributed by atoms with Crippen LogP contribution < -0.4 is 0 Å². The smallest absolute Gasteiger partial charge is 0.411 e. The first-order valence-corrected chi connectivity index (χ1v) is 7.45. The third-order valence-electron chi connectivity index (χ3n) is 3.36. The summed E-state index contributed by atoms with van der Waals surface area (Å²) in [6.45, 7) is 9.90. The van der Waals surface area contributed by atoms with Gasteiger partial charge in [-0.1, -0.05) is 0 Å². The van der Waals surface area contributed by atoms with Crippen molar-refractivity contribution in [1.29, 1.82) is 0 Å². The second-order valence-electron chi connectivity index (χ2n) is 6.74. The SMILES string of the molecule is CC(C)N(C(=O)OC(C)(C)C)C(C(=O)O)C1CCCOC1. The van der Waals surface area contributed by atoms with Gasteiger partial charge in [0.05, 0.1) is 6.61 Å². The molecule has 1 heterocycles. The van der Waals surface area contributed by atoms with E-state index in [2.05, 4.69) is 0 Å². The van der Waals surface area contributed by atoms with E-state index in [1.165, 1.54) is 4.90 Å². The topological polar surface area (TPSA) is 76.1 Å². The lowest BCUT2D eigenvalue weighted by atomic mass is 9.92. The molecule has 2 atom stereocenters. The maximum absolute atomic E-state index is 12.4. The van der Waals surface area contributed by atoms with Gasteiger partial charge in [0.2, 0.25) is 0 Å². The Kier molecular flexibility index (Phi) is 6.01. The van der Waals surface area contributed by atoms with E-state index in [0.29, 0.717) is 13.2 Å². The van der Waals surface area contributed by atoms with Crippen molar-refractivity contribution in [1.82, 2.24) is 4.90 Å². The van der Waals surface area contributed by atoms with Gasteiger partial charge in [0, 0.05) is 18.6 Å².